The standard InChI is InChI=1S/C25H29NO4/c1-28-20-12-13-21(29-2)23-22(20)18-8-3-4-9-19(18)30-24(23)16-6-5-7-17(14-16)26-25(27)15-10-11-15/h5-7,12-15,18-19,24H,3-4,8-11H2,1-2H3,(H,26,27)/t18-,19-,24-/m0/s1. The molecule has 3 atom stereocenters. The first kappa shape index (κ1) is 19.4. The number of amides is 1. The number of anilines is 1. The van der Waals surface area contributed by atoms with Crippen molar-refractivity contribution in [1.29, 1.82) is 0 Å². The zero-order chi connectivity index (χ0) is 20.7. The molecule has 5 nitrogen and oxygen atoms in total. The molecule has 3 aliphatic rings. The van der Waals surface area contributed by atoms with Crippen LogP contribution in [0.3, 0.4) is 0 Å². The fourth-order valence-electron chi connectivity index (χ4n) is 5.05. The number of ether oxygens (including phenoxy) is 3. The van der Waals surface area contributed by atoms with E-state index < -0.39 is 0 Å². The van der Waals surface area contributed by atoms with E-state index in [1.807, 2.05) is 30.3 Å². The molecule has 1 amide bonds. The highest BCUT2D eigenvalue weighted by molar-refractivity contribution is 5.94. The smallest absolute Gasteiger partial charge is 0.227 e. The van der Waals surface area contributed by atoms with Gasteiger partial charge in [-0.25, -0.2) is 0 Å². The van der Waals surface area contributed by atoms with E-state index in [1.54, 1.807) is 14.2 Å². The van der Waals surface area contributed by atoms with Crippen LogP contribution in [0.5, 0.6) is 11.5 Å². The molecular formula is C25H29NO4. The second-order valence-electron chi connectivity index (χ2n) is 8.63. The topological polar surface area (TPSA) is 56.8 Å². The van der Waals surface area contributed by atoms with Crippen molar-refractivity contribution < 1.29 is 19.0 Å². The van der Waals surface area contributed by atoms with E-state index in [1.165, 1.54) is 18.4 Å². The van der Waals surface area contributed by atoms with Crippen LogP contribution in [0.15, 0.2) is 36.4 Å². The molecule has 30 heavy (non-hydrogen) atoms. The summed E-state index contributed by atoms with van der Waals surface area (Å²) in [5, 5.41) is 3.06. The van der Waals surface area contributed by atoms with Crippen molar-refractivity contribution in [2.24, 2.45) is 5.92 Å². The van der Waals surface area contributed by atoms with E-state index in [-0.39, 0.29) is 24.0 Å². The van der Waals surface area contributed by atoms with E-state index in [2.05, 4.69) is 11.4 Å². The molecular weight excluding hydrogens is 378 g/mol. The fourth-order valence-corrected chi connectivity index (χ4v) is 5.05. The second-order valence-corrected chi connectivity index (χ2v) is 8.63. The van der Waals surface area contributed by atoms with Crippen LogP contribution in [0.4, 0.5) is 5.69 Å². The second kappa shape index (κ2) is 7.95. The van der Waals surface area contributed by atoms with Gasteiger partial charge in [0.1, 0.15) is 17.6 Å². The third kappa shape index (κ3) is 3.45. The Kier molecular flexibility index (Phi) is 5.15. The number of nitrogens with one attached hydrogen (secondary N) is 1. The molecule has 5 rings (SSSR count). The maximum Gasteiger partial charge on any atom is 0.227 e. The summed E-state index contributed by atoms with van der Waals surface area (Å²) in [6, 6.07) is 12.0. The van der Waals surface area contributed by atoms with Gasteiger partial charge in [-0.3, -0.25) is 4.79 Å². The van der Waals surface area contributed by atoms with Crippen LogP contribution in [0.25, 0.3) is 0 Å². The molecule has 0 unspecified atom stereocenters. The molecule has 2 aromatic carbocycles. The van der Waals surface area contributed by atoms with Gasteiger partial charge >= 0.3 is 0 Å². The zero-order valence-corrected chi connectivity index (χ0v) is 17.6. The van der Waals surface area contributed by atoms with Gasteiger partial charge in [0.25, 0.3) is 0 Å². The SMILES string of the molecule is COc1ccc(OC)c2c1[C@H](c1cccc(NC(=O)C3CC3)c1)O[C@H]1CCCC[C@H]21. The van der Waals surface area contributed by atoms with Crippen molar-refractivity contribution in [3.8, 4) is 11.5 Å². The van der Waals surface area contributed by atoms with Gasteiger partial charge in [-0.15, -0.1) is 0 Å². The first-order valence-electron chi connectivity index (χ1n) is 11.0. The Balaban J connectivity index is 1.58. The molecule has 1 aliphatic heterocycles. The van der Waals surface area contributed by atoms with Gasteiger partial charge in [0.15, 0.2) is 0 Å². The summed E-state index contributed by atoms with van der Waals surface area (Å²) in [5.74, 6) is 2.35. The Hall–Kier alpha value is -2.53. The number of hydrogen-bond donors (Lipinski definition) is 1. The summed E-state index contributed by atoms with van der Waals surface area (Å²) in [6.07, 6.45) is 6.45. The third-order valence-electron chi connectivity index (χ3n) is 6.70. The largest absolute Gasteiger partial charge is 0.496 e. The number of carbonyl (C=O) groups is 1. The van der Waals surface area contributed by atoms with Gasteiger partial charge in [0.05, 0.1) is 20.3 Å². The highest BCUT2D eigenvalue weighted by Crippen LogP contribution is 2.53. The van der Waals surface area contributed by atoms with E-state index in [0.29, 0.717) is 5.92 Å². The maximum absolute atomic E-state index is 12.3. The molecule has 2 saturated carbocycles. The first-order valence-corrected chi connectivity index (χ1v) is 11.0. The minimum absolute atomic E-state index is 0.115. The van der Waals surface area contributed by atoms with Crippen LogP contribution in [0, 0.1) is 5.92 Å². The summed E-state index contributed by atoms with van der Waals surface area (Å²) >= 11 is 0. The fraction of sp³-hybridized carbons (Fsp3) is 0.480. The minimum Gasteiger partial charge on any atom is -0.496 e. The highest BCUT2D eigenvalue weighted by Gasteiger charge is 2.41. The minimum atomic E-state index is -0.248. The van der Waals surface area contributed by atoms with Crippen molar-refractivity contribution in [3.05, 3.63) is 53.1 Å². The molecule has 0 saturated heterocycles. The van der Waals surface area contributed by atoms with E-state index in [9.17, 15) is 4.79 Å². The lowest BCUT2D eigenvalue weighted by molar-refractivity contribution is -0.117. The lowest BCUT2D eigenvalue weighted by atomic mass is 9.75. The Morgan fingerprint density at radius 3 is 2.43 bits per heavy atom. The number of fused-ring (bicyclic) bond motifs is 3. The molecule has 2 aromatic rings. The number of hydrogen-bond acceptors (Lipinski definition) is 4. The molecule has 0 radical (unpaired) electrons. The average molecular weight is 408 g/mol. The van der Waals surface area contributed by atoms with Crippen LogP contribution >= 0.6 is 0 Å². The molecule has 5 heteroatoms. The van der Waals surface area contributed by atoms with Crippen molar-refractivity contribution in [2.45, 2.75) is 56.7 Å². The Morgan fingerprint density at radius 2 is 1.70 bits per heavy atom. The zero-order valence-electron chi connectivity index (χ0n) is 17.6. The quantitative estimate of drug-likeness (QED) is 0.740. The molecule has 0 bridgehead atoms. The van der Waals surface area contributed by atoms with Gasteiger partial charge in [0, 0.05) is 28.7 Å². The van der Waals surface area contributed by atoms with Gasteiger partial charge in [-0.1, -0.05) is 25.0 Å². The number of benzene rings is 2. The van der Waals surface area contributed by atoms with E-state index in [4.69, 9.17) is 14.2 Å². The predicted molar refractivity (Wildman–Crippen MR) is 115 cm³/mol. The number of methoxy groups -OCH3 is 2. The van der Waals surface area contributed by atoms with E-state index in [0.717, 1.165) is 54.0 Å². The summed E-state index contributed by atoms with van der Waals surface area (Å²) in [6.45, 7) is 0. The summed E-state index contributed by atoms with van der Waals surface area (Å²) < 4.78 is 18.3. The summed E-state index contributed by atoms with van der Waals surface area (Å²) in [4.78, 5) is 12.3. The number of rotatable bonds is 5. The van der Waals surface area contributed by atoms with Crippen molar-refractivity contribution in [3.63, 3.8) is 0 Å². The predicted octanol–water partition coefficient (Wildman–Crippen LogP) is 5.20. The molecule has 2 fully saturated rings. The van der Waals surface area contributed by atoms with Crippen LogP contribution in [-0.2, 0) is 9.53 Å². The lowest BCUT2D eigenvalue weighted by Crippen LogP contribution is -2.34. The Bertz CT molecular complexity index is 952. The molecule has 0 spiro atoms. The van der Waals surface area contributed by atoms with Crippen molar-refractivity contribution in [1.82, 2.24) is 0 Å². The first-order chi connectivity index (χ1) is 14.7. The maximum atomic E-state index is 12.3. The van der Waals surface area contributed by atoms with Gasteiger partial charge in [-0.05, 0) is 55.5 Å². The monoisotopic (exact) mass is 407 g/mol. The van der Waals surface area contributed by atoms with Crippen LogP contribution in [0.2, 0.25) is 0 Å². The van der Waals surface area contributed by atoms with Crippen molar-refractivity contribution in [2.75, 3.05) is 19.5 Å². The summed E-state index contributed by atoms with van der Waals surface area (Å²) in [5.41, 5.74) is 4.14. The van der Waals surface area contributed by atoms with E-state index >= 15 is 0 Å². The lowest BCUT2D eigenvalue weighted by Gasteiger charge is -2.42. The summed E-state index contributed by atoms with van der Waals surface area (Å²) in [7, 11) is 3.44. The Labute approximate surface area is 177 Å². The average Bonchev–Trinajstić information content (AvgIpc) is 3.63. The highest BCUT2D eigenvalue weighted by atomic mass is 16.5. The van der Waals surface area contributed by atoms with Gasteiger partial charge in [-0.2, -0.15) is 0 Å². The van der Waals surface area contributed by atoms with Crippen LogP contribution in [0.1, 0.15) is 67.2 Å². The molecule has 158 valence electrons. The third-order valence-corrected chi connectivity index (χ3v) is 6.70. The van der Waals surface area contributed by atoms with Gasteiger partial charge in [0.2, 0.25) is 5.91 Å². The van der Waals surface area contributed by atoms with Crippen LogP contribution in [-0.4, -0.2) is 26.2 Å². The van der Waals surface area contributed by atoms with Crippen LogP contribution < -0.4 is 14.8 Å². The number of carbonyl (C=O) groups excluding carboxylic acids is 1. The molecule has 0 aromatic heterocycles. The normalized spacial score (nSPS) is 25.1. The molecule has 1 N–H and O–H groups in total. The Morgan fingerprint density at radius 1 is 0.967 bits per heavy atom. The van der Waals surface area contributed by atoms with Crippen molar-refractivity contribution >= 4 is 11.6 Å². The molecule has 2 aliphatic carbocycles. The van der Waals surface area contributed by atoms with Gasteiger partial charge < -0.3 is 19.5 Å². The molecule has 1 heterocycles.